The third-order valence-electron chi connectivity index (χ3n) is 1.79. The van der Waals surface area contributed by atoms with E-state index in [4.69, 9.17) is 0 Å². The van der Waals surface area contributed by atoms with Crippen molar-refractivity contribution < 1.29 is 39.5 Å². The first kappa shape index (κ1) is 14.2. The molecule has 1 rings (SSSR count). The second-order valence-electron chi connectivity index (χ2n) is 2.91. The van der Waals surface area contributed by atoms with Gasteiger partial charge in [-0.15, -0.1) is 6.26 Å². The summed E-state index contributed by atoms with van der Waals surface area (Å²) in [7, 11) is 0. The molecule has 0 spiro atoms. The van der Waals surface area contributed by atoms with Crippen molar-refractivity contribution >= 4 is 11.9 Å². The van der Waals surface area contributed by atoms with E-state index in [0.717, 1.165) is 11.6 Å². The van der Waals surface area contributed by atoms with Crippen molar-refractivity contribution in [2.75, 3.05) is 0 Å². The molecule has 0 atom stereocenters. The number of carbonyl (C=O) groups is 1. The molecule has 0 fully saturated rings. The van der Waals surface area contributed by atoms with Gasteiger partial charge < -0.3 is 5.11 Å². The van der Waals surface area contributed by atoms with Crippen LogP contribution in [0.3, 0.4) is 0 Å². The first-order valence-corrected chi connectivity index (χ1v) is 4.30. The predicted molar refractivity (Wildman–Crippen MR) is 54.2 cm³/mol. The van der Waals surface area contributed by atoms with Crippen molar-refractivity contribution in [3.8, 4) is 0 Å². The standard InChI is InChI=1S/C12H12O2.Na/c1-10(12(14)7-8-13)9-11-5-3-2-4-6-11;/h2-9,13H,1H3;/q;+1/p-1/b8-7+,10-9+;. The quantitative estimate of drug-likeness (QED) is 0.347. The van der Waals surface area contributed by atoms with E-state index in [1.807, 2.05) is 30.3 Å². The summed E-state index contributed by atoms with van der Waals surface area (Å²) in [6.45, 7) is 1.69. The number of rotatable bonds is 3. The minimum Gasteiger partial charge on any atom is -0.878 e. The number of hydrogen-bond acceptors (Lipinski definition) is 2. The predicted octanol–water partition coefficient (Wildman–Crippen LogP) is -1.46. The van der Waals surface area contributed by atoms with Gasteiger partial charge in [-0.3, -0.25) is 4.79 Å². The van der Waals surface area contributed by atoms with Gasteiger partial charge in [0, 0.05) is 0 Å². The van der Waals surface area contributed by atoms with E-state index < -0.39 is 0 Å². The Morgan fingerprint density at radius 2 is 1.87 bits per heavy atom. The van der Waals surface area contributed by atoms with Crippen molar-refractivity contribution in [3.05, 3.63) is 53.8 Å². The van der Waals surface area contributed by atoms with E-state index in [9.17, 15) is 9.90 Å². The van der Waals surface area contributed by atoms with Crippen LogP contribution >= 0.6 is 0 Å². The van der Waals surface area contributed by atoms with Gasteiger partial charge in [-0.2, -0.15) is 0 Å². The maximum atomic E-state index is 11.2. The molecule has 3 heteroatoms. The molecule has 0 aromatic heterocycles. The average Bonchev–Trinajstić information content (AvgIpc) is 2.19. The Bertz CT molecular complexity index is 366. The van der Waals surface area contributed by atoms with Gasteiger partial charge in [-0.25, -0.2) is 0 Å². The Balaban J connectivity index is 0.00000196. The normalized spacial score (nSPS) is 11.1. The summed E-state index contributed by atoms with van der Waals surface area (Å²) in [6.07, 6.45) is 3.28. The third-order valence-corrected chi connectivity index (χ3v) is 1.79. The zero-order valence-corrected chi connectivity index (χ0v) is 10.9. The number of hydrogen-bond donors (Lipinski definition) is 0. The maximum Gasteiger partial charge on any atom is 1.00 e. The minimum absolute atomic E-state index is 0. The van der Waals surface area contributed by atoms with Gasteiger partial charge in [-0.1, -0.05) is 30.3 Å². The van der Waals surface area contributed by atoms with Crippen LogP contribution in [-0.2, 0) is 4.79 Å². The van der Waals surface area contributed by atoms with Gasteiger partial charge in [0.15, 0.2) is 5.78 Å². The van der Waals surface area contributed by atoms with Crippen molar-refractivity contribution in [1.82, 2.24) is 0 Å². The molecule has 0 aliphatic carbocycles. The fourth-order valence-electron chi connectivity index (χ4n) is 1.06. The number of ketones is 1. The largest absolute Gasteiger partial charge is 1.00 e. The summed E-state index contributed by atoms with van der Waals surface area (Å²) < 4.78 is 0. The van der Waals surface area contributed by atoms with Gasteiger partial charge >= 0.3 is 29.6 Å². The first-order chi connectivity index (χ1) is 6.74. The van der Waals surface area contributed by atoms with Crippen LogP contribution < -0.4 is 34.7 Å². The topological polar surface area (TPSA) is 40.1 Å². The summed E-state index contributed by atoms with van der Waals surface area (Å²) >= 11 is 0. The van der Waals surface area contributed by atoms with Crippen LogP contribution in [0.15, 0.2) is 48.2 Å². The van der Waals surface area contributed by atoms with E-state index in [2.05, 4.69) is 0 Å². The van der Waals surface area contributed by atoms with Crippen molar-refractivity contribution in [1.29, 1.82) is 0 Å². The van der Waals surface area contributed by atoms with Crippen LogP contribution in [-0.4, -0.2) is 5.78 Å². The fourth-order valence-corrected chi connectivity index (χ4v) is 1.06. The van der Waals surface area contributed by atoms with Crippen molar-refractivity contribution in [3.63, 3.8) is 0 Å². The Kier molecular flexibility index (Phi) is 7.05. The molecule has 0 aliphatic heterocycles. The molecule has 0 bridgehead atoms. The summed E-state index contributed by atoms with van der Waals surface area (Å²) in [5.74, 6) is -0.246. The zero-order chi connectivity index (χ0) is 10.4. The van der Waals surface area contributed by atoms with Crippen LogP contribution in [0, 0.1) is 0 Å². The molecule has 1 aromatic carbocycles. The first-order valence-electron chi connectivity index (χ1n) is 4.30. The molecule has 0 radical (unpaired) electrons. The van der Waals surface area contributed by atoms with Gasteiger partial charge in [0.25, 0.3) is 0 Å². The molecule has 0 heterocycles. The molecule has 15 heavy (non-hydrogen) atoms. The van der Waals surface area contributed by atoms with E-state index in [0.29, 0.717) is 11.8 Å². The number of benzene rings is 1. The van der Waals surface area contributed by atoms with E-state index in [1.165, 1.54) is 0 Å². The molecule has 0 saturated heterocycles. The second kappa shape index (κ2) is 7.46. The Morgan fingerprint density at radius 3 is 2.40 bits per heavy atom. The van der Waals surface area contributed by atoms with Crippen LogP contribution in [0.4, 0.5) is 0 Å². The van der Waals surface area contributed by atoms with E-state index in [1.54, 1.807) is 13.0 Å². The zero-order valence-electron chi connectivity index (χ0n) is 8.94. The minimum atomic E-state index is -0.246. The van der Waals surface area contributed by atoms with E-state index in [-0.39, 0.29) is 35.3 Å². The van der Waals surface area contributed by atoms with Gasteiger partial charge in [0.1, 0.15) is 0 Å². The monoisotopic (exact) mass is 210 g/mol. The van der Waals surface area contributed by atoms with Crippen LogP contribution in [0.25, 0.3) is 6.08 Å². The Morgan fingerprint density at radius 1 is 1.27 bits per heavy atom. The fraction of sp³-hybridized carbons (Fsp3) is 0.0833. The molecule has 0 amide bonds. The van der Waals surface area contributed by atoms with Crippen molar-refractivity contribution in [2.45, 2.75) is 6.92 Å². The van der Waals surface area contributed by atoms with Gasteiger partial charge in [0.05, 0.1) is 0 Å². The van der Waals surface area contributed by atoms with Gasteiger partial charge in [0.2, 0.25) is 0 Å². The third kappa shape index (κ3) is 4.98. The van der Waals surface area contributed by atoms with Crippen LogP contribution in [0.2, 0.25) is 0 Å². The molecule has 1 aromatic rings. The Labute approximate surface area is 112 Å². The molecule has 72 valence electrons. The molecule has 0 unspecified atom stereocenters. The molecular weight excluding hydrogens is 199 g/mol. The van der Waals surface area contributed by atoms with Crippen LogP contribution in [0.5, 0.6) is 0 Å². The summed E-state index contributed by atoms with van der Waals surface area (Å²) in [5, 5.41) is 10.1. The smallest absolute Gasteiger partial charge is 0.878 e. The Hall–Kier alpha value is -0.830. The summed E-state index contributed by atoms with van der Waals surface area (Å²) in [6, 6.07) is 9.50. The average molecular weight is 210 g/mol. The van der Waals surface area contributed by atoms with E-state index >= 15 is 0 Å². The molecular formula is C12H11NaO2. The van der Waals surface area contributed by atoms with Gasteiger partial charge in [-0.05, 0) is 30.2 Å². The molecule has 2 nitrogen and oxygen atoms in total. The maximum absolute atomic E-state index is 11.2. The molecule has 0 saturated carbocycles. The SMILES string of the molecule is C/C(=C\c1ccccc1)C(=O)/C=C/[O-].[Na+]. The molecule has 0 aliphatic rings. The summed E-state index contributed by atoms with van der Waals surface area (Å²) in [4.78, 5) is 11.2. The second-order valence-corrected chi connectivity index (χ2v) is 2.91. The van der Waals surface area contributed by atoms with Crippen molar-refractivity contribution in [2.24, 2.45) is 0 Å². The number of carbonyl (C=O) groups excluding carboxylic acids is 1. The van der Waals surface area contributed by atoms with Crippen LogP contribution in [0.1, 0.15) is 12.5 Å². The number of allylic oxidation sites excluding steroid dienone is 2. The molecule has 0 N–H and O–H groups in total. The summed E-state index contributed by atoms with van der Waals surface area (Å²) in [5.41, 5.74) is 1.51.